The molecule has 0 spiro atoms. The van der Waals surface area contributed by atoms with Crippen molar-refractivity contribution in [3.8, 4) is 0 Å². The van der Waals surface area contributed by atoms with Gasteiger partial charge in [0, 0.05) is 49.9 Å². The first-order chi connectivity index (χ1) is 22.4. The van der Waals surface area contributed by atoms with Crippen LogP contribution in [-0.2, 0) is 4.79 Å². The van der Waals surface area contributed by atoms with Crippen LogP contribution in [0, 0.1) is 40.4 Å². The molecule has 8 heteroatoms. The van der Waals surface area contributed by atoms with E-state index in [0.717, 1.165) is 44.7 Å². The molecule has 0 aromatic heterocycles. The number of carbonyl (C=O) groups excluding carboxylic acids is 3. The van der Waals surface area contributed by atoms with Crippen LogP contribution < -0.4 is 0 Å². The fourth-order valence-electron chi connectivity index (χ4n) is 12.3. The Bertz CT molecular complexity index is 1370. The molecule has 0 radical (unpaired) electrons. The minimum Gasteiger partial charge on any atom is -0.393 e. The highest BCUT2D eigenvalue weighted by molar-refractivity contribution is 6.01. The number of benzene rings is 1. The number of hydrogen-bond donors (Lipinski definition) is 2. The lowest BCUT2D eigenvalue weighted by atomic mass is 9.44. The van der Waals surface area contributed by atoms with E-state index in [9.17, 15) is 24.6 Å². The van der Waals surface area contributed by atoms with Crippen LogP contribution in [0.1, 0.15) is 113 Å². The average molecular weight is 648 g/mol. The SMILES string of the molecule is CC(=O)c1cccc(C(=O)N2CCC[C@H]2C(=O)N2CCN([C@H]3C[C@@]4(C)[C@@H](CC[C@@H]5[C@@H]4CC[C@]4(C)[C@@H]([C@@H](C)O)CC[C@@H]54)C[C@@H]3O)CC2)c1. The van der Waals surface area contributed by atoms with Gasteiger partial charge in [0.2, 0.25) is 5.91 Å². The molecule has 1 aromatic carbocycles. The summed E-state index contributed by atoms with van der Waals surface area (Å²) in [6.07, 6.45) is 10.2. The van der Waals surface area contributed by atoms with Crippen molar-refractivity contribution in [3.05, 3.63) is 35.4 Å². The maximum Gasteiger partial charge on any atom is 0.254 e. The summed E-state index contributed by atoms with van der Waals surface area (Å²) in [5, 5.41) is 22.2. The normalized spacial score (nSPS) is 41.1. The van der Waals surface area contributed by atoms with E-state index in [-0.39, 0.29) is 46.7 Å². The topological polar surface area (TPSA) is 101 Å². The third kappa shape index (κ3) is 5.58. The molecule has 47 heavy (non-hydrogen) atoms. The molecule has 4 aliphatic carbocycles. The highest BCUT2D eigenvalue weighted by atomic mass is 16.3. The van der Waals surface area contributed by atoms with E-state index in [2.05, 4.69) is 18.7 Å². The Morgan fingerprint density at radius 2 is 1.62 bits per heavy atom. The molecule has 8 nitrogen and oxygen atoms in total. The molecular weight excluding hydrogens is 590 g/mol. The van der Waals surface area contributed by atoms with E-state index in [1.54, 1.807) is 29.2 Å². The Labute approximate surface area is 281 Å². The number of aliphatic hydroxyl groups is 2. The molecule has 2 amide bonds. The van der Waals surface area contributed by atoms with E-state index in [1.165, 1.54) is 39.0 Å². The predicted octanol–water partition coefficient (Wildman–Crippen LogP) is 5.02. The third-order valence-corrected chi connectivity index (χ3v) is 14.7. The second-order valence-electron chi connectivity index (χ2n) is 16.9. The second kappa shape index (κ2) is 12.5. The molecule has 11 atom stereocenters. The highest BCUT2D eigenvalue weighted by Crippen LogP contribution is 2.68. The molecule has 1 aromatic rings. The number of Topliss-reactive ketones (excluding diaryl/α,β-unsaturated/α-hetero) is 1. The lowest BCUT2D eigenvalue weighted by Gasteiger charge is -2.63. The fraction of sp³-hybridized carbons (Fsp3) is 0.769. The molecule has 6 aliphatic rings. The number of likely N-dealkylation sites (tertiary alicyclic amines) is 1. The summed E-state index contributed by atoms with van der Waals surface area (Å²) in [6.45, 7) is 11.8. The molecule has 2 saturated heterocycles. The van der Waals surface area contributed by atoms with Gasteiger partial charge in [-0.2, -0.15) is 0 Å². The fourth-order valence-corrected chi connectivity index (χ4v) is 12.3. The number of rotatable bonds is 5. The van der Waals surface area contributed by atoms with Gasteiger partial charge in [-0.25, -0.2) is 0 Å². The van der Waals surface area contributed by atoms with Crippen LogP contribution in [-0.4, -0.2) is 99.5 Å². The maximum absolute atomic E-state index is 13.8. The summed E-state index contributed by atoms with van der Waals surface area (Å²) in [6, 6.07) is 6.48. The Morgan fingerprint density at radius 1 is 0.894 bits per heavy atom. The van der Waals surface area contributed by atoms with Crippen molar-refractivity contribution < 1.29 is 24.6 Å². The van der Waals surface area contributed by atoms with Crippen LogP contribution in [0.5, 0.6) is 0 Å². The first kappa shape index (κ1) is 33.2. The van der Waals surface area contributed by atoms with Gasteiger partial charge in [0.25, 0.3) is 5.91 Å². The first-order valence-corrected chi connectivity index (χ1v) is 18.7. The summed E-state index contributed by atoms with van der Waals surface area (Å²) < 4.78 is 0. The highest BCUT2D eigenvalue weighted by Gasteiger charge is 2.62. The van der Waals surface area contributed by atoms with Gasteiger partial charge < -0.3 is 20.0 Å². The third-order valence-electron chi connectivity index (χ3n) is 14.7. The Kier molecular flexibility index (Phi) is 8.87. The number of nitrogens with zero attached hydrogens (tertiary/aromatic N) is 3. The molecule has 2 N–H and O–H groups in total. The van der Waals surface area contributed by atoms with Crippen LogP contribution in [0.25, 0.3) is 0 Å². The Morgan fingerprint density at radius 3 is 2.34 bits per heavy atom. The van der Waals surface area contributed by atoms with Crippen LogP contribution in [0.4, 0.5) is 0 Å². The zero-order valence-electron chi connectivity index (χ0n) is 29.1. The van der Waals surface area contributed by atoms with Crippen LogP contribution in [0.2, 0.25) is 0 Å². The van der Waals surface area contributed by atoms with Crippen molar-refractivity contribution in [2.45, 2.75) is 116 Å². The van der Waals surface area contributed by atoms with Gasteiger partial charge in [0.15, 0.2) is 5.78 Å². The van der Waals surface area contributed by atoms with Crippen molar-refractivity contribution in [1.82, 2.24) is 14.7 Å². The first-order valence-electron chi connectivity index (χ1n) is 18.7. The van der Waals surface area contributed by atoms with Crippen molar-refractivity contribution >= 4 is 17.6 Å². The van der Waals surface area contributed by atoms with Crippen LogP contribution in [0.3, 0.4) is 0 Å². The monoisotopic (exact) mass is 647 g/mol. The summed E-state index contributed by atoms with van der Waals surface area (Å²) >= 11 is 0. The van der Waals surface area contributed by atoms with E-state index in [0.29, 0.717) is 60.9 Å². The summed E-state index contributed by atoms with van der Waals surface area (Å²) in [5.41, 5.74) is 1.44. The number of carbonyl (C=O) groups is 3. The lowest BCUT2D eigenvalue weighted by molar-refractivity contribution is -0.156. The Hall–Kier alpha value is -2.29. The number of amides is 2. The lowest BCUT2D eigenvalue weighted by Crippen LogP contribution is -2.62. The molecule has 4 saturated carbocycles. The minimum absolute atomic E-state index is 0.0295. The van der Waals surface area contributed by atoms with Gasteiger partial charge in [-0.15, -0.1) is 0 Å². The molecule has 7 rings (SSSR count). The zero-order valence-corrected chi connectivity index (χ0v) is 29.1. The van der Waals surface area contributed by atoms with Crippen molar-refractivity contribution in [1.29, 1.82) is 0 Å². The van der Waals surface area contributed by atoms with Gasteiger partial charge in [-0.3, -0.25) is 19.3 Å². The quantitative estimate of drug-likeness (QED) is 0.436. The predicted molar refractivity (Wildman–Crippen MR) is 181 cm³/mol. The van der Waals surface area contributed by atoms with Crippen molar-refractivity contribution in [2.24, 2.45) is 40.4 Å². The average Bonchev–Trinajstić information content (AvgIpc) is 3.69. The zero-order chi connectivity index (χ0) is 33.2. The summed E-state index contributed by atoms with van der Waals surface area (Å²) in [4.78, 5) is 45.3. The molecule has 2 aliphatic heterocycles. The van der Waals surface area contributed by atoms with E-state index < -0.39 is 6.04 Å². The summed E-state index contributed by atoms with van der Waals surface area (Å²) in [7, 11) is 0. The largest absolute Gasteiger partial charge is 0.393 e. The minimum atomic E-state index is -0.463. The maximum atomic E-state index is 13.8. The molecular formula is C39H57N3O5. The number of ketones is 1. The second-order valence-corrected chi connectivity index (χ2v) is 16.9. The van der Waals surface area contributed by atoms with Crippen molar-refractivity contribution in [2.75, 3.05) is 32.7 Å². The molecule has 6 fully saturated rings. The molecule has 0 bridgehead atoms. The van der Waals surface area contributed by atoms with Gasteiger partial charge in [0.05, 0.1) is 12.2 Å². The smallest absolute Gasteiger partial charge is 0.254 e. The van der Waals surface area contributed by atoms with Crippen LogP contribution in [0.15, 0.2) is 24.3 Å². The van der Waals surface area contributed by atoms with Gasteiger partial charge in [-0.1, -0.05) is 26.0 Å². The van der Waals surface area contributed by atoms with E-state index >= 15 is 0 Å². The standard InChI is InChI=1S/C39H57N3O5/c1-24(43)26-7-5-8-27(21-26)36(46)42-16-6-9-33(42)37(47)41-19-17-40(18-20-41)34-23-39(4)28(22-35(34)45)10-11-29-31-13-12-30(25(2)44)38(31,3)15-14-32(29)39/h5,7-8,21,25,28-35,44-45H,6,9-20,22-23H2,1-4H3/t25-,28+,29+,30-,31+,32+,33+,34+,35+,38-,39+/m1/s1. The van der Waals surface area contributed by atoms with E-state index in [1.807, 2.05) is 11.8 Å². The number of hydrogen-bond acceptors (Lipinski definition) is 6. The van der Waals surface area contributed by atoms with Gasteiger partial charge in [-0.05, 0) is 131 Å². The van der Waals surface area contributed by atoms with Crippen LogP contribution >= 0.6 is 0 Å². The van der Waals surface area contributed by atoms with Crippen molar-refractivity contribution in [3.63, 3.8) is 0 Å². The van der Waals surface area contributed by atoms with Gasteiger partial charge >= 0.3 is 0 Å². The number of aliphatic hydroxyl groups excluding tert-OH is 2. The van der Waals surface area contributed by atoms with Gasteiger partial charge in [0.1, 0.15) is 6.04 Å². The Balaban J connectivity index is 0.998. The number of piperazine rings is 1. The molecule has 2 heterocycles. The number of fused-ring (bicyclic) bond motifs is 5. The molecule has 258 valence electrons. The van der Waals surface area contributed by atoms with E-state index in [4.69, 9.17) is 0 Å². The summed E-state index contributed by atoms with van der Waals surface area (Å²) in [5.74, 6) is 2.88. The molecule has 0 unspecified atom stereocenters.